The molecule has 0 aliphatic heterocycles. The van der Waals surface area contributed by atoms with Crippen LogP contribution in [0.3, 0.4) is 0 Å². The zero-order valence-corrected chi connectivity index (χ0v) is 13.7. The van der Waals surface area contributed by atoms with Gasteiger partial charge in [-0.25, -0.2) is 9.78 Å². The number of nitrogens with zero attached hydrogens (tertiary/aromatic N) is 1. The zero-order valence-electron chi connectivity index (χ0n) is 13.7. The number of nitrogens with one attached hydrogen (secondary N) is 2. The van der Waals surface area contributed by atoms with Gasteiger partial charge in [-0.3, -0.25) is 0 Å². The van der Waals surface area contributed by atoms with Crippen LogP contribution in [0.2, 0.25) is 0 Å². The molecule has 5 nitrogen and oxygen atoms in total. The van der Waals surface area contributed by atoms with Gasteiger partial charge in [0.1, 0.15) is 17.5 Å². The Balaban J connectivity index is 2.29. The van der Waals surface area contributed by atoms with Gasteiger partial charge in [0.15, 0.2) is 0 Å². The van der Waals surface area contributed by atoms with E-state index in [9.17, 15) is 4.79 Å². The quantitative estimate of drug-likeness (QED) is 0.909. The monoisotopic (exact) mass is 301 g/mol. The van der Waals surface area contributed by atoms with Gasteiger partial charge in [-0.05, 0) is 40.2 Å². The summed E-state index contributed by atoms with van der Waals surface area (Å²) in [6.45, 7) is 9.41. The molecule has 0 saturated heterocycles. The molecule has 1 aromatic heterocycles. The average molecular weight is 301 g/mol. The summed E-state index contributed by atoms with van der Waals surface area (Å²) in [5.41, 5.74) is 2.31. The molecule has 0 aliphatic carbocycles. The number of alkyl carbamates (subject to hydrolysis) is 1. The van der Waals surface area contributed by atoms with Crippen LogP contribution in [0.15, 0.2) is 30.3 Å². The second-order valence-electron chi connectivity index (χ2n) is 6.32. The van der Waals surface area contributed by atoms with Crippen molar-refractivity contribution in [3.63, 3.8) is 0 Å². The Kier molecular flexibility index (Phi) is 4.54. The van der Waals surface area contributed by atoms with Crippen molar-refractivity contribution in [1.82, 2.24) is 15.3 Å². The number of amides is 1. The van der Waals surface area contributed by atoms with Crippen molar-refractivity contribution in [1.29, 1.82) is 0 Å². The van der Waals surface area contributed by atoms with E-state index >= 15 is 0 Å². The molecule has 0 radical (unpaired) electrons. The van der Waals surface area contributed by atoms with E-state index in [0.717, 1.165) is 17.0 Å². The summed E-state index contributed by atoms with van der Waals surface area (Å²) in [6.07, 6.45) is -0.465. The lowest BCUT2D eigenvalue weighted by Gasteiger charge is -2.23. The number of benzene rings is 1. The van der Waals surface area contributed by atoms with Crippen molar-refractivity contribution in [2.75, 3.05) is 0 Å². The van der Waals surface area contributed by atoms with Crippen molar-refractivity contribution in [3.05, 3.63) is 53.1 Å². The number of aryl methyl sites for hydroxylation is 2. The molecule has 2 N–H and O–H groups in total. The Morgan fingerprint density at radius 1 is 1.23 bits per heavy atom. The number of H-pyrrole nitrogens is 1. The van der Waals surface area contributed by atoms with E-state index in [0.29, 0.717) is 5.82 Å². The van der Waals surface area contributed by atoms with Crippen molar-refractivity contribution in [2.45, 2.75) is 46.3 Å². The summed E-state index contributed by atoms with van der Waals surface area (Å²) in [5.74, 6) is 0.701. The highest BCUT2D eigenvalue weighted by molar-refractivity contribution is 5.69. The number of aromatic amines is 1. The molecule has 0 bridgehead atoms. The fourth-order valence-corrected chi connectivity index (χ4v) is 2.09. The van der Waals surface area contributed by atoms with Crippen LogP contribution in [-0.2, 0) is 4.74 Å². The van der Waals surface area contributed by atoms with Gasteiger partial charge in [0.25, 0.3) is 0 Å². The topological polar surface area (TPSA) is 67.0 Å². The normalized spacial score (nSPS) is 12.8. The van der Waals surface area contributed by atoms with Gasteiger partial charge in [-0.2, -0.15) is 0 Å². The fourth-order valence-electron chi connectivity index (χ4n) is 2.09. The summed E-state index contributed by atoms with van der Waals surface area (Å²) in [4.78, 5) is 19.9. The molecule has 1 heterocycles. The number of carbonyl (C=O) groups is 1. The maximum absolute atomic E-state index is 12.1. The molecule has 118 valence electrons. The van der Waals surface area contributed by atoms with Gasteiger partial charge in [0.2, 0.25) is 0 Å². The number of aromatic nitrogens is 2. The van der Waals surface area contributed by atoms with Gasteiger partial charge in [0.05, 0.1) is 5.69 Å². The maximum atomic E-state index is 12.1. The first-order valence-electron chi connectivity index (χ1n) is 7.34. The first kappa shape index (κ1) is 16.1. The Labute approximate surface area is 131 Å². The second kappa shape index (κ2) is 6.22. The molecule has 5 heteroatoms. The number of ether oxygens (including phenoxy) is 1. The van der Waals surface area contributed by atoms with E-state index in [2.05, 4.69) is 15.3 Å². The van der Waals surface area contributed by atoms with Gasteiger partial charge >= 0.3 is 6.09 Å². The third kappa shape index (κ3) is 4.10. The summed E-state index contributed by atoms with van der Waals surface area (Å²) >= 11 is 0. The molecule has 0 fully saturated rings. The van der Waals surface area contributed by atoms with Crippen molar-refractivity contribution < 1.29 is 9.53 Å². The number of carbonyl (C=O) groups excluding carboxylic acids is 1. The molecule has 2 rings (SSSR count). The Bertz CT molecular complexity index is 622. The predicted octanol–water partition coefficient (Wildman–Crippen LogP) is 3.64. The minimum atomic E-state index is -0.541. The van der Waals surface area contributed by atoms with Gasteiger partial charge in [-0.15, -0.1) is 0 Å². The second-order valence-corrected chi connectivity index (χ2v) is 6.32. The highest BCUT2D eigenvalue weighted by Gasteiger charge is 2.24. The molecule has 1 atom stereocenters. The Morgan fingerprint density at radius 3 is 2.36 bits per heavy atom. The first-order chi connectivity index (χ1) is 10.3. The molecule has 0 spiro atoms. The van der Waals surface area contributed by atoms with E-state index < -0.39 is 11.7 Å². The van der Waals surface area contributed by atoms with Crippen molar-refractivity contribution >= 4 is 6.09 Å². The number of hydrogen-bond acceptors (Lipinski definition) is 3. The molecule has 2 aromatic rings. The first-order valence-corrected chi connectivity index (χ1v) is 7.34. The van der Waals surface area contributed by atoms with Crippen LogP contribution in [0.1, 0.15) is 49.6 Å². The summed E-state index contributed by atoms with van der Waals surface area (Å²) in [7, 11) is 0. The minimum absolute atomic E-state index is 0.372. The predicted molar refractivity (Wildman–Crippen MR) is 85.7 cm³/mol. The summed E-state index contributed by atoms with van der Waals surface area (Å²) in [5, 5.41) is 2.89. The minimum Gasteiger partial charge on any atom is -0.444 e. The third-order valence-corrected chi connectivity index (χ3v) is 3.21. The summed E-state index contributed by atoms with van der Waals surface area (Å²) in [6, 6.07) is 9.34. The zero-order chi connectivity index (χ0) is 16.3. The molecule has 0 unspecified atom stereocenters. The van der Waals surface area contributed by atoms with E-state index in [1.54, 1.807) is 0 Å². The fraction of sp³-hybridized carbons (Fsp3) is 0.412. The Hall–Kier alpha value is -2.30. The molecule has 22 heavy (non-hydrogen) atoms. The number of rotatable bonds is 3. The number of hydrogen-bond donors (Lipinski definition) is 2. The van der Waals surface area contributed by atoms with Crippen LogP contribution >= 0.6 is 0 Å². The van der Waals surface area contributed by atoms with Crippen molar-refractivity contribution in [3.8, 4) is 0 Å². The number of imidazole rings is 1. The largest absolute Gasteiger partial charge is 0.444 e. The molecule has 0 aliphatic rings. The lowest BCUT2D eigenvalue weighted by Crippen LogP contribution is -2.35. The van der Waals surface area contributed by atoms with E-state index in [-0.39, 0.29) is 6.04 Å². The molecule has 0 saturated carbocycles. The SMILES string of the molecule is Cc1nc([C@H](NC(=O)OC(C)(C)C)c2ccccc2)[nH]c1C. The lowest BCUT2D eigenvalue weighted by atomic mass is 10.1. The van der Waals surface area contributed by atoms with E-state index in [1.165, 1.54) is 0 Å². The molecule has 1 aromatic carbocycles. The van der Waals surface area contributed by atoms with Gasteiger partial charge in [0, 0.05) is 5.69 Å². The highest BCUT2D eigenvalue weighted by atomic mass is 16.6. The highest BCUT2D eigenvalue weighted by Crippen LogP contribution is 2.21. The lowest BCUT2D eigenvalue weighted by molar-refractivity contribution is 0.0510. The van der Waals surface area contributed by atoms with Crippen LogP contribution < -0.4 is 5.32 Å². The van der Waals surface area contributed by atoms with Crippen LogP contribution in [0.25, 0.3) is 0 Å². The van der Waals surface area contributed by atoms with Crippen LogP contribution in [0, 0.1) is 13.8 Å². The van der Waals surface area contributed by atoms with Gasteiger partial charge in [-0.1, -0.05) is 30.3 Å². The maximum Gasteiger partial charge on any atom is 0.408 e. The third-order valence-electron chi connectivity index (χ3n) is 3.21. The summed E-state index contributed by atoms with van der Waals surface area (Å²) < 4.78 is 5.36. The smallest absolute Gasteiger partial charge is 0.408 e. The standard InChI is InChI=1S/C17H23N3O2/c1-11-12(2)19-15(18-11)14(13-9-7-6-8-10-13)20-16(21)22-17(3,4)5/h6-10,14H,1-5H3,(H,18,19)(H,20,21)/t14-/m1/s1. The van der Waals surface area contributed by atoms with Crippen LogP contribution in [0.4, 0.5) is 4.79 Å². The Morgan fingerprint density at radius 2 is 1.86 bits per heavy atom. The molecular formula is C17H23N3O2. The van der Waals surface area contributed by atoms with Crippen LogP contribution in [-0.4, -0.2) is 21.7 Å². The van der Waals surface area contributed by atoms with Crippen molar-refractivity contribution in [2.24, 2.45) is 0 Å². The molecule has 1 amide bonds. The van der Waals surface area contributed by atoms with Crippen LogP contribution in [0.5, 0.6) is 0 Å². The molecular weight excluding hydrogens is 278 g/mol. The van der Waals surface area contributed by atoms with E-state index in [4.69, 9.17) is 4.74 Å². The average Bonchev–Trinajstić information content (AvgIpc) is 2.75. The van der Waals surface area contributed by atoms with E-state index in [1.807, 2.05) is 65.0 Å². The van der Waals surface area contributed by atoms with Gasteiger partial charge < -0.3 is 15.0 Å².